The number of carbonyl (C=O) groups is 1. The number of hydrogen-bond donors (Lipinski definition) is 0. The van der Waals surface area contributed by atoms with Crippen molar-refractivity contribution in [3.05, 3.63) is 41.6 Å². The quantitative estimate of drug-likeness (QED) is 0.623. The summed E-state index contributed by atoms with van der Waals surface area (Å²) in [6, 6.07) is 7.55. The van der Waals surface area contributed by atoms with Crippen molar-refractivity contribution in [2.75, 3.05) is 0 Å². The maximum absolute atomic E-state index is 11.3. The minimum atomic E-state index is -0.174. The molecule has 0 saturated carbocycles. The lowest BCUT2D eigenvalue weighted by molar-refractivity contribution is 0.101. The molecule has 14 heavy (non-hydrogen) atoms. The average molecular weight is 182 g/mol. The molecule has 1 aliphatic heterocycles. The Morgan fingerprint density at radius 3 is 3.00 bits per heavy atom. The van der Waals surface area contributed by atoms with E-state index in [2.05, 4.69) is 9.98 Å². The van der Waals surface area contributed by atoms with Crippen molar-refractivity contribution in [1.82, 2.24) is 4.98 Å². The van der Waals surface area contributed by atoms with Gasteiger partial charge in [-0.2, -0.15) is 0 Å². The van der Waals surface area contributed by atoms with Crippen molar-refractivity contribution in [3.63, 3.8) is 0 Å². The second-order valence-corrected chi connectivity index (χ2v) is 3.17. The summed E-state index contributed by atoms with van der Waals surface area (Å²) in [6.07, 6.45) is 3.31. The molecule has 0 spiro atoms. The van der Waals surface area contributed by atoms with Gasteiger partial charge in [0.25, 0.3) is 5.91 Å². The van der Waals surface area contributed by atoms with Crippen LogP contribution < -0.4 is 0 Å². The summed E-state index contributed by atoms with van der Waals surface area (Å²) in [4.78, 5) is 19.3. The highest BCUT2D eigenvalue weighted by Crippen LogP contribution is 2.22. The number of benzene rings is 1. The Morgan fingerprint density at radius 1 is 1.14 bits per heavy atom. The molecule has 3 heteroatoms. The Morgan fingerprint density at radius 2 is 2.07 bits per heavy atom. The van der Waals surface area contributed by atoms with Gasteiger partial charge in [0, 0.05) is 23.4 Å². The monoisotopic (exact) mass is 182 g/mol. The lowest BCUT2D eigenvalue weighted by Gasteiger charge is -2.00. The zero-order chi connectivity index (χ0) is 9.54. The number of pyridine rings is 1. The molecular weight excluding hydrogens is 176 g/mol. The molecule has 3 nitrogen and oxygen atoms in total. The summed E-state index contributed by atoms with van der Waals surface area (Å²) in [5.41, 5.74) is 2.34. The van der Waals surface area contributed by atoms with Crippen molar-refractivity contribution in [2.24, 2.45) is 4.99 Å². The molecule has 1 aliphatic rings. The van der Waals surface area contributed by atoms with Gasteiger partial charge in [-0.25, -0.2) is 4.99 Å². The van der Waals surface area contributed by atoms with Crippen LogP contribution in [0.15, 0.2) is 35.5 Å². The molecule has 0 unspecified atom stereocenters. The highest BCUT2D eigenvalue weighted by molar-refractivity contribution is 6.18. The number of rotatable bonds is 0. The summed E-state index contributed by atoms with van der Waals surface area (Å²) in [5, 5.41) is 1.03. The molecule has 3 rings (SSSR count). The van der Waals surface area contributed by atoms with Crippen LogP contribution in [0.3, 0.4) is 0 Å². The Hall–Kier alpha value is -2.03. The van der Waals surface area contributed by atoms with Crippen LogP contribution in [0.2, 0.25) is 0 Å². The van der Waals surface area contributed by atoms with Gasteiger partial charge in [0.15, 0.2) is 0 Å². The smallest absolute Gasteiger partial charge is 0.267 e. The van der Waals surface area contributed by atoms with Gasteiger partial charge in [-0.1, -0.05) is 12.1 Å². The maximum atomic E-state index is 11.3. The van der Waals surface area contributed by atoms with Gasteiger partial charge in [0.1, 0.15) is 0 Å². The molecule has 1 amide bonds. The van der Waals surface area contributed by atoms with Crippen molar-refractivity contribution in [1.29, 1.82) is 0 Å². The van der Waals surface area contributed by atoms with E-state index in [1.165, 1.54) is 0 Å². The molecule has 0 N–H and O–H groups in total. The Balaban J connectivity index is 2.49. The minimum absolute atomic E-state index is 0.174. The van der Waals surface area contributed by atoms with Crippen LogP contribution in [-0.2, 0) is 0 Å². The standard InChI is InChI=1S/C11H6N2O/c14-11-8-4-3-7-2-1-5-12-10(7)9(8)6-13-11/h1-6H. The van der Waals surface area contributed by atoms with Crippen LogP contribution in [0.5, 0.6) is 0 Å². The van der Waals surface area contributed by atoms with Gasteiger partial charge < -0.3 is 0 Å². The van der Waals surface area contributed by atoms with Crippen LogP contribution in [0.4, 0.5) is 0 Å². The van der Waals surface area contributed by atoms with E-state index >= 15 is 0 Å². The largest absolute Gasteiger partial charge is 0.277 e. The predicted molar refractivity (Wildman–Crippen MR) is 53.7 cm³/mol. The molecule has 0 aliphatic carbocycles. The molecule has 2 aromatic rings. The van der Waals surface area contributed by atoms with E-state index in [1.54, 1.807) is 18.5 Å². The molecule has 0 fully saturated rings. The number of fused-ring (bicyclic) bond motifs is 3. The molecular formula is C11H6N2O. The minimum Gasteiger partial charge on any atom is -0.267 e. The van der Waals surface area contributed by atoms with Crippen LogP contribution in [0, 0.1) is 0 Å². The fourth-order valence-electron chi connectivity index (χ4n) is 1.68. The molecule has 0 saturated heterocycles. The van der Waals surface area contributed by atoms with Gasteiger partial charge in [0.05, 0.1) is 11.1 Å². The number of hydrogen-bond acceptors (Lipinski definition) is 2. The molecule has 0 bridgehead atoms. The van der Waals surface area contributed by atoms with Gasteiger partial charge in [-0.3, -0.25) is 9.78 Å². The highest BCUT2D eigenvalue weighted by atomic mass is 16.1. The topological polar surface area (TPSA) is 42.3 Å². The third-order valence-corrected chi connectivity index (χ3v) is 2.36. The van der Waals surface area contributed by atoms with Crippen molar-refractivity contribution in [2.45, 2.75) is 0 Å². The first kappa shape index (κ1) is 7.38. The number of aliphatic imine (C=N–C) groups is 1. The second kappa shape index (κ2) is 2.48. The molecule has 1 aromatic heterocycles. The molecule has 2 heterocycles. The Labute approximate surface area is 80.1 Å². The van der Waals surface area contributed by atoms with Crippen molar-refractivity contribution >= 4 is 23.0 Å². The third-order valence-electron chi connectivity index (χ3n) is 2.36. The SMILES string of the molecule is O=C1N=Cc2c1ccc1cccnc21. The Bertz CT molecular complexity index is 573. The van der Waals surface area contributed by atoms with E-state index in [1.807, 2.05) is 18.2 Å². The third kappa shape index (κ3) is 0.836. The molecule has 0 radical (unpaired) electrons. The van der Waals surface area contributed by atoms with Gasteiger partial charge >= 0.3 is 0 Å². The van der Waals surface area contributed by atoms with Crippen LogP contribution in [0.25, 0.3) is 10.9 Å². The first-order valence-corrected chi connectivity index (χ1v) is 4.32. The summed E-state index contributed by atoms with van der Waals surface area (Å²) in [7, 11) is 0. The first-order valence-electron chi connectivity index (χ1n) is 4.32. The second-order valence-electron chi connectivity index (χ2n) is 3.17. The van der Waals surface area contributed by atoms with E-state index in [4.69, 9.17) is 0 Å². The zero-order valence-electron chi connectivity index (χ0n) is 7.27. The number of nitrogens with zero attached hydrogens (tertiary/aromatic N) is 2. The number of amides is 1. The molecule has 0 atom stereocenters. The Kier molecular flexibility index (Phi) is 1.31. The van der Waals surface area contributed by atoms with Crippen molar-refractivity contribution in [3.8, 4) is 0 Å². The predicted octanol–water partition coefficient (Wildman–Crippen LogP) is 1.81. The summed E-state index contributed by atoms with van der Waals surface area (Å²) >= 11 is 0. The van der Waals surface area contributed by atoms with Gasteiger partial charge in [-0.15, -0.1) is 0 Å². The average Bonchev–Trinajstić information content (AvgIpc) is 2.61. The highest BCUT2D eigenvalue weighted by Gasteiger charge is 2.17. The number of carbonyl (C=O) groups excluding carboxylic acids is 1. The molecule has 66 valence electrons. The lowest BCUT2D eigenvalue weighted by atomic mass is 10.1. The summed E-state index contributed by atoms with van der Waals surface area (Å²) in [5.74, 6) is -0.174. The summed E-state index contributed by atoms with van der Waals surface area (Å²) < 4.78 is 0. The van der Waals surface area contributed by atoms with Crippen molar-refractivity contribution < 1.29 is 4.79 Å². The fourth-order valence-corrected chi connectivity index (χ4v) is 1.68. The zero-order valence-corrected chi connectivity index (χ0v) is 7.27. The van der Waals surface area contributed by atoms with Crippen LogP contribution in [-0.4, -0.2) is 17.1 Å². The van der Waals surface area contributed by atoms with E-state index in [9.17, 15) is 4.79 Å². The lowest BCUT2D eigenvalue weighted by Crippen LogP contribution is -1.93. The van der Waals surface area contributed by atoms with Gasteiger partial charge in [-0.05, 0) is 12.1 Å². The van der Waals surface area contributed by atoms with E-state index in [0.29, 0.717) is 5.56 Å². The fraction of sp³-hybridized carbons (Fsp3) is 0. The van der Waals surface area contributed by atoms with Gasteiger partial charge in [0.2, 0.25) is 0 Å². The molecule has 1 aromatic carbocycles. The van der Waals surface area contributed by atoms with Crippen LogP contribution >= 0.6 is 0 Å². The van der Waals surface area contributed by atoms with E-state index < -0.39 is 0 Å². The van der Waals surface area contributed by atoms with E-state index in [-0.39, 0.29) is 5.91 Å². The summed E-state index contributed by atoms with van der Waals surface area (Å²) in [6.45, 7) is 0. The van der Waals surface area contributed by atoms with Crippen LogP contribution in [0.1, 0.15) is 15.9 Å². The van der Waals surface area contributed by atoms with E-state index in [0.717, 1.165) is 16.5 Å². The normalized spacial score (nSPS) is 13.6. The first-order chi connectivity index (χ1) is 6.86. The maximum Gasteiger partial charge on any atom is 0.277 e. The number of aromatic nitrogens is 1.